The van der Waals surface area contributed by atoms with Crippen molar-refractivity contribution in [1.29, 1.82) is 0 Å². The first-order chi connectivity index (χ1) is 12.3. The van der Waals surface area contributed by atoms with Crippen LogP contribution in [0.15, 0.2) is 53.6 Å². The van der Waals surface area contributed by atoms with E-state index in [1.165, 1.54) is 38.4 Å². The summed E-state index contributed by atoms with van der Waals surface area (Å²) in [5.74, 6) is -0.908. The van der Waals surface area contributed by atoms with Gasteiger partial charge in [-0.1, -0.05) is 12.1 Å². The molecule has 2 N–H and O–H groups in total. The Morgan fingerprint density at radius 2 is 1.85 bits per heavy atom. The van der Waals surface area contributed by atoms with Gasteiger partial charge in [0.05, 0.1) is 23.7 Å². The van der Waals surface area contributed by atoms with Gasteiger partial charge in [-0.3, -0.25) is 14.6 Å². The van der Waals surface area contributed by atoms with Gasteiger partial charge in [0.2, 0.25) is 15.9 Å². The summed E-state index contributed by atoms with van der Waals surface area (Å²) in [5.41, 5.74) is 0.860. The van der Waals surface area contributed by atoms with Crippen molar-refractivity contribution < 1.29 is 18.0 Å². The van der Waals surface area contributed by atoms with E-state index in [0.717, 1.165) is 4.31 Å². The number of hydrogen-bond acceptors (Lipinski definition) is 5. The molecule has 1 heterocycles. The molecule has 0 saturated heterocycles. The van der Waals surface area contributed by atoms with Gasteiger partial charge in [-0.05, 0) is 30.3 Å². The van der Waals surface area contributed by atoms with Gasteiger partial charge in [0, 0.05) is 25.9 Å². The zero-order valence-electron chi connectivity index (χ0n) is 14.5. The van der Waals surface area contributed by atoms with E-state index in [1.807, 2.05) is 6.07 Å². The van der Waals surface area contributed by atoms with Crippen molar-refractivity contribution in [1.82, 2.24) is 19.9 Å². The summed E-state index contributed by atoms with van der Waals surface area (Å²) in [6.45, 7) is 0.0302. The van der Waals surface area contributed by atoms with Crippen molar-refractivity contribution >= 4 is 21.8 Å². The van der Waals surface area contributed by atoms with Crippen LogP contribution in [0.2, 0.25) is 0 Å². The molecular weight excluding hydrogens is 356 g/mol. The topological polar surface area (TPSA) is 108 Å². The minimum absolute atomic E-state index is 0.00903. The summed E-state index contributed by atoms with van der Waals surface area (Å²) >= 11 is 0. The number of benzene rings is 1. The van der Waals surface area contributed by atoms with Crippen molar-refractivity contribution in [2.75, 3.05) is 20.6 Å². The summed E-state index contributed by atoms with van der Waals surface area (Å²) in [6, 6.07) is 11.0. The van der Waals surface area contributed by atoms with Gasteiger partial charge in [0.25, 0.3) is 5.91 Å². The molecule has 0 radical (unpaired) electrons. The summed E-state index contributed by atoms with van der Waals surface area (Å²) in [7, 11) is -0.815. The molecule has 0 atom stereocenters. The highest BCUT2D eigenvalue weighted by molar-refractivity contribution is 7.89. The Morgan fingerprint density at radius 3 is 2.50 bits per heavy atom. The zero-order chi connectivity index (χ0) is 19.2. The second-order valence-corrected chi connectivity index (χ2v) is 7.75. The molecule has 0 spiro atoms. The quantitative estimate of drug-likeness (QED) is 0.726. The average molecular weight is 376 g/mol. The highest BCUT2D eigenvalue weighted by atomic mass is 32.2. The van der Waals surface area contributed by atoms with E-state index in [0.29, 0.717) is 5.69 Å². The lowest BCUT2D eigenvalue weighted by molar-refractivity contribution is -0.120. The van der Waals surface area contributed by atoms with Crippen LogP contribution in [0, 0.1) is 0 Å². The third kappa shape index (κ3) is 5.11. The lowest BCUT2D eigenvalue weighted by Crippen LogP contribution is -2.36. The number of hydrogen-bond donors (Lipinski definition) is 2. The van der Waals surface area contributed by atoms with Crippen molar-refractivity contribution in [3.63, 3.8) is 0 Å². The Morgan fingerprint density at radius 1 is 1.08 bits per heavy atom. The molecule has 138 valence electrons. The minimum atomic E-state index is -3.64. The number of pyridine rings is 1. The molecule has 2 aromatic rings. The molecule has 0 aliphatic heterocycles. The molecular formula is C17H20N4O4S. The fourth-order valence-corrected chi connectivity index (χ4v) is 2.97. The third-order valence-corrected chi connectivity index (χ3v) is 5.29. The molecule has 0 aliphatic carbocycles. The van der Waals surface area contributed by atoms with Crippen LogP contribution in [-0.4, -0.2) is 50.2 Å². The lowest BCUT2D eigenvalue weighted by Gasteiger charge is -2.12. The van der Waals surface area contributed by atoms with Crippen LogP contribution >= 0.6 is 0 Å². The number of nitrogens with zero attached hydrogens (tertiary/aromatic N) is 2. The molecule has 8 nitrogen and oxygen atoms in total. The maximum absolute atomic E-state index is 12.2. The van der Waals surface area contributed by atoms with Gasteiger partial charge in [-0.2, -0.15) is 0 Å². The Labute approximate surface area is 152 Å². The van der Waals surface area contributed by atoms with E-state index in [4.69, 9.17) is 0 Å². The maximum atomic E-state index is 12.2. The van der Waals surface area contributed by atoms with Crippen LogP contribution in [-0.2, 0) is 21.4 Å². The third-order valence-electron chi connectivity index (χ3n) is 3.48. The zero-order valence-corrected chi connectivity index (χ0v) is 15.3. The standard InChI is InChI=1S/C17H20N4O4S/c1-21(2)26(24,25)15-8-5-6-13(10-15)17(23)20-12-16(22)19-11-14-7-3-4-9-18-14/h3-10H,11-12H2,1-2H3,(H,19,22)(H,20,23). The monoisotopic (exact) mass is 376 g/mol. The maximum Gasteiger partial charge on any atom is 0.251 e. The van der Waals surface area contributed by atoms with Crippen molar-refractivity contribution in [3.8, 4) is 0 Å². The molecule has 1 aromatic heterocycles. The van der Waals surface area contributed by atoms with E-state index in [2.05, 4.69) is 15.6 Å². The summed E-state index contributed by atoms with van der Waals surface area (Å²) in [4.78, 5) is 28.1. The van der Waals surface area contributed by atoms with E-state index < -0.39 is 15.9 Å². The van der Waals surface area contributed by atoms with Gasteiger partial charge < -0.3 is 10.6 Å². The highest BCUT2D eigenvalue weighted by Crippen LogP contribution is 2.14. The van der Waals surface area contributed by atoms with Gasteiger partial charge >= 0.3 is 0 Å². The van der Waals surface area contributed by atoms with Crippen LogP contribution in [0.4, 0.5) is 0 Å². The largest absolute Gasteiger partial charge is 0.349 e. The van der Waals surface area contributed by atoms with Crippen LogP contribution in [0.5, 0.6) is 0 Å². The molecule has 0 saturated carbocycles. The second-order valence-electron chi connectivity index (χ2n) is 5.60. The van der Waals surface area contributed by atoms with Crippen molar-refractivity contribution in [2.24, 2.45) is 0 Å². The summed E-state index contributed by atoms with van der Waals surface area (Å²) in [5, 5.41) is 5.10. The predicted octanol–water partition coefficient (Wildman–Crippen LogP) is 0.378. The summed E-state index contributed by atoms with van der Waals surface area (Å²) in [6.07, 6.45) is 1.62. The Hall–Kier alpha value is -2.78. The smallest absolute Gasteiger partial charge is 0.251 e. The van der Waals surface area contributed by atoms with Gasteiger partial charge in [0.1, 0.15) is 0 Å². The van der Waals surface area contributed by atoms with Crippen LogP contribution in [0.3, 0.4) is 0 Å². The van der Waals surface area contributed by atoms with Gasteiger partial charge in [0.15, 0.2) is 0 Å². The average Bonchev–Trinajstić information content (AvgIpc) is 2.65. The molecule has 2 rings (SSSR count). The first kappa shape index (κ1) is 19.5. The first-order valence-corrected chi connectivity index (χ1v) is 9.22. The molecule has 26 heavy (non-hydrogen) atoms. The number of carbonyl (C=O) groups excluding carboxylic acids is 2. The molecule has 0 unspecified atom stereocenters. The van der Waals surface area contributed by atoms with Crippen LogP contribution in [0.25, 0.3) is 0 Å². The lowest BCUT2D eigenvalue weighted by atomic mass is 10.2. The second kappa shape index (κ2) is 8.54. The Kier molecular flexibility index (Phi) is 6.42. The summed E-state index contributed by atoms with van der Waals surface area (Å²) < 4.78 is 25.3. The fraction of sp³-hybridized carbons (Fsp3) is 0.235. The highest BCUT2D eigenvalue weighted by Gasteiger charge is 2.18. The molecule has 1 aromatic carbocycles. The van der Waals surface area contributed by atoms with Crippen molar-refractivity contribution in [3.05, 3.63) is 59.9 Å². The molecule has 0 fully saturated rings. The molecule has 9 heteroatoms. The van der Waals surface area contributed by atoms with Crippen molar-refractivity contribution in [2.45, 2.75) is 11.4 Å². The molecule has 0 aliphatic rings. The van der Waals surface area contributed by atoms with E-state index in [-0.39, 0.29) is 29.5 Å². The van der Waals surface area contributed by atoms with E-state index in [9.17, 15) is 18.0 Å². The van der Waals surface area contributed by atoms with Crippen LogP contribution in [0.1, 0.15) is 16.1 Å². The van der Waals surface area contributed by atoms with Gasteiger partial charge in [-0.25, -0.2) is 12.7 Å². The first-order valence-electron chi connectivity index (χ1n) is 7.78. The normalized spacial score (nSPS) is 11.2. The number of aromatic nitrogens is 1. The Balaban J connectivity index is 1.93. The van der Waals surface area contributed by atoms with E-state index >= 15 is 0 Å². The molecule has 0 bridgehead atoms. The predicted molar refractivity (Wildman–Crippen MR) is 95.7 cm³/mol. The Bertz CT molecular complexity index is 883. The SMILES string of the molecule is CN(C)S(=O)(=O)c1cccc(C(=O)NCC(=O)NCc2ccccn2)c1. The molecule has 2 amide bonds. The van der Waals surface area contributed by atoms with Crippen LogP contribution < -0.4 is 10.6 Å². The number of sulfonamides is 1. The number of rotatable bonds is 7. The fourth-order valence-electron chi connectivity index (χ4n) is 2.03. The minimum Gasteiger partial charge on any atom is -0.349 e. The van der Waals surface area contributed by atoms with Gasteiger partial charge in [-0.15, -0.1) is 0 Å². The number of nitrogens with one attached hydrogen (secondary N) is 2. The number of carbonyl (C=O) groups is 2. The van der Waals surface area contributed by atoms with E-state index in [1.54, 1.807) is 18.3 Å². The number of amides is 2.